The zero-order valence-electron chi connectivity index (χ0n) is 69.6. The molecule has 0 radical (unpaired) electrons. The Morgan fingerprint density at radius 3 is 1.27 bits per heavy atom. The largest absolute Gasteiger partial charge is 0.464 e. The summed E-state index contributed by atoms with van der Waals surface area (Å²) in [6, 6.07) is 37.0. The van der Waals surface area contributed by atoms with E-state index in [4.69, 9.17) is 23.1 Å². The van der Waals surface area contributed by atoms with Gasteiger partial charge in [0, 0.05) is 52.1 Å². The van der Waals surface area contributed by atoms with Crippen LogP contribution in [0.3, 0.4) is 0 Å². The van der Waals surface area contributed by atoms with E-state index in [1.165, 1.54) is 136 Å². The number of allylic oxidation sites excluding steroid dienone is 3. The summed E-state index contributed by atoms with van der Waals surface area (Å²) in [6.07, 6.45) is 10.7. The van der Waals surface area contributed by atoms with E-state index in [9.17, 15) is 59.6 Å². The van der Waals surface area contributed by atoms with Gasteiger partial charge < -0.3 is 30.4 Å². The number of ketones is 4. The van der Waals surface area contributed by atoms with Crippen LogP contribution in [0.4, 0.5) is 15.8 Å². The van der Waals surface area contributed by atoms with Crippen LogP contribution in [0.25, 0.3) is 61.3 Å². The van der Waals surface area contributed by atoms with Crippen molar-refractivity contribution in [2.75, 3.05) is 47.0 Å². The van der Waals surface area contributed by atoms with Gasteiger partial charge in [0.05, 0.1) is 146 Å². The molecule has 0 spiro atoms. The van der Waals surface area contributed by atoms with Gasteiger partial charge in [-0.05, 0) is 134 Å². The number of nitrogen functional groups attached to an aromatic ring is 2. The molecule has 28 nitrogen and oxygen atoms in total. The van der Waals surface area contributed by atoms with Crippen LogP contribution in [-0.4, -0.2) is 163 Å². The van der Waals surface area contributed by atoms with Gasteiger partial charge in [0.1, 0.15) is 17.2 Å². The average molecular weight is 2140 g/mol. The number of nitrogens with zero attached hydrogens (tertiary/aromatic N) is 9. The molecule has 131 heavy (non-hydrogen) atoms. The molecule has 8 heterocycles. The maximum atomic E-state index is 12.3. The number of carbonyl (C=O) groups is 8. The molecule has 5 N–H and O–H groups in total. The number of nitrogens with one attached hydrogen (secondary N) is 1. The molecule has 0 bridgehead atoms. The van der Waals surface area contributed by atoms with Crippen molar-refractivity contribution in [1.82, 2.24) is 38.9 Å². The summed E-state index contributed by atoms with van der Waals surface area (Å²) < 4.78 is 101. The van der Waals surface area contributed by atoms with E-state index in [1.54, 1.807) is 134 Å². The van der Waals surface area contributed by atoms with E-state index in [0.29, 0.717) is 22.4 Å². The van der Waals surface area contributed by atoms with Crippen molar-refractivity contribution in [1.29, 1.82) is 0 Å². The topological polar surface area (TPSA) is 411 Å². The zero-order valence-corrected chi connectivity index (χ0v) is 81.4. The summed E-state index contributed by atoms with van der Waals surface area (Å²) in [5.74, 6) is -5.45. The average Bonchev–Trinajstić information content (AvgIpc) is 1.73. The first kappa shape index (κ1) is 119. The molecule has 2 aliphatic rings. The van der Waals surface area contributed by atoms with Gasteiger partial charge in [-0.3, -0.25) is 23.9 Å². The van der Waals surface area contributed by atoms with Crippen LogP contribution in [0.2, 0.25) is 18.3 Å². The maximum absolute atomic E-state index is 12.3. The summed E-state index contributed by atoms with van der Waals surface area (Å²) in [4.78, 5) is 113. The summed E-state index contributed by atoms with van der Waals surface area (Å²) in [6.45, 7) is 16.4. The zero-order chi connectivity index (χ0) is 91.7. The molecule has 7 aromatic carbocycles. The fourth-order valence-electron chi connectivity index (χ4n) is 11.3. The van der Waals surface area contributed by atoms with Crippen LogP contribution >= 0.6 is 95.6 Å². The van der Waals surface area contributed by atoms with Gasteiger partial charge in [-0.1, -0.05) is 84.2 Å². The second kappa shape index (κ2) is 57.8. The number of ether oxygens (including phenoxy) is 4. The molecule has 15 rings (SSSR count). The minimum absolute atomic E-state index is 0. The van der Waals surface area contributed by atoms with Crippen molar-refractivity contribution < 1.29 is 78.5 Å². The third-order valence-corrected chi connectivity index (χ3v) is 42.2. The monoisotopic (exact) mass is 2140 g/mol. The van der Waals surface area contributed by atoms with Crippen LogP contribution in [-0.2, 0) is 68.1 Å². The standard InChI is InChI=1S/C13H11N3O4S2.C12H9N3O4S2.C12H9NO4S.C9H7NOS.C7H4BrNS.C7H6N2S.C6H5ClFN.C4H6O3.3C4H9.C3H5.6CH4.Sn/c1-16-11(13(17)20-2)6-10(15-22(16,18)19)8-3-4-9-12(5-8)21-7-14-9;1-19-12(16)10-5-9(14-21(17,18)15-10)7-2-3-8-11(4-7)20-6-13-8;1-17-12(16)10(15)5-9(14)7-2-3-8-11(4-7)18-6-13-8;1-6(11)7-2-3-8-9(4-7)12-5-10-8;2*8-5-1-2-6-7(3-5)10-4-9-6;7-5-3-4(9)1-2-6(5)8;1-3(5)4(6)7-2;3*1-3-4-2;1-3-2;;;;;;;/h3-7H,1-2H3;2-6,15H,1H3;2-4,6H,5H2,1H3;2-5H,1H3;1-4H;1-4H,8H2;1-3H,9H2;1-2H3;3*1,3-4H2,2H3;1H2,2H3;6*1H4;. The molecule has 6 aromatic heterocycles. The number of fused-ring (bicyclic) bond motifs is 6. The molecule has 0 aliphatic carbocycles. The molecule has 706 valence electrons. The Hall–Kier alpha value is -10.4. The number of methoxy groups -OCH3 is 4. The quantitative estimate of drug-likeness (QED) is 0.0121. The number of anilines is 2. The van der Waals surface area contributed by atoms with E-state index in [0.717, 1.165) is 90.7 Å². The fourth-order valence-corrected chi connectivity index (χ4v) is 32.7. The maximum Gasteiger partial charge on any atom is 0.374 e. The molecular weight excluding hydrogens is 2030 g/mol. The minimum Gasteiger partial charge on any atom is -0.464 e. The number of Topliss-reactive ketones (excluding diaryl/α,β-unsaturated/α-hetero) is 4. The number of esters is 4. The molecule has 0 atom stereocenters. The normalized spacial score (nSPS) is 12.0. The third-order valence-electron chi connectivity index (χ3n) is 18.1. The van der Waals surface area contributed by atoms with Gasteiger partial charge in [-0.15, -0.1) is 76.8 Å². The molecular formula is C91H113BrClFN12O16S8Sn. The van der Waals surface area contributed by atoms with E-state index in [2.05, 4.69) is 114 Å². The Balaban J connectivity index is 0.000000747. The molecule has 0 fully saturated rings. The number of hydrogen-bond acceptors (Lipinski definition) is 30. The van der Waals surface area contributed by atoms with E-state index >= 15 is 0 Å². The van der Waals surface area contributed by atoms with Gasteiger partial charge in [0.2, 0.25) is 11.6 Å². The van der Waals surface area contributed by atoms with Crippen LogP contribution in [0.1, 0.15) is 163 Å². The smallest absolute Gasteiger partial charge is 0.374 e. The number of aromatic nitrogens is 6. The Bertz CT molecular complexity index is 6320. The SMILES string of the molecule is Brc1ccc2ncsc2c1.C.C.C.C.C.C.C=[C](C)[Sn]([CH2]CCC)([CH2]CCC)[CH2]CCC.CC(=O)c1ccc2ncsc2c1.COC(=O)C(=O)CC(=O)c1ccc2ncsc2c1.COC(=O)C(C)=O.COC(=O)C1=CC(c2ccc3ncsc3c2)=NS(=O)(=O)N1.COC(=O)C1=CC(c2ccc3ncsc3c2)=NS(=O)(=O)N1C.Nc1ccc(F)c(Cl)c1.Nc1ccc2ncsc2c1. The van der Waals surface area contributed by atoms with Gasteiger partial charge in [0.15, 0.2) is 11.6 Å². The summed E-state index contributed by atoms with van der Waals surface area (Å²) in [7, 11) is -2.03. The molecule has 0 saturated heterocycles. The number of likely N-dealkylation sites (N-methyl/N-ethyl adjacent to an activating group) is 1. The van der Waals surface area contributed by atoms with Crippen molar-refractivity contribution in [2.24, 2.45) is 8.80 Å². The van der Waals surface area contributed by atoms with Crippen molar-refractivity contribution >= 4 is 265 Å². The van der Waals surface area contributed by atoms with Crippen molar-refractivity contribution in [3.8, 4) is 0 Å². The van der Waals surface area contributed by atoms with Gasteiger partial charge in [0.25, 0.3) is 0 Å². The molecule has 13 aromatic rings. The number of carbonyl (C=O) groups excluding carboxylic acids is 8. The number of halogens is 3. The molecule has 0 amide bonds. The third kappa shape index (κ3) is 35.9. The molecule has 0 saturated carbocycles. The Morgan fingerprint density at radius 1 is 0.496 bits per heavy atom. The molecule has 0 unspecified atom stereocenters. The van der Waals surface area contributed by atoms with Gasteiger partial charge in [-0.2, -0.15) is 16.8 Å². The molecule has 40 heteroatoms. The van der Waals surface area contributed by atoms with E-state index < -0.39 is 92.3 Å². The van der Waals surface area contributed by atoms with Crippen molar-refractivity contribution in [3.05, 3.63) is 232 Å². The van der Waals surface area contributed by atoms with Crippen LogP contribution in [0.15, 0.2) is 207 Å². The Kier molecular flexibility index (Phi) is 52.3. The minimum atomic E-state index is -3.97. The Labute approximate surface area is 807 Å². The number of benzene rings is 7. The number of unbranched alkanes of at least 4 members (excludes halogenated alkanes) is 3. The van der Waals surface area contributed by atoms with Crippen LogP contribution in [0, 0.1) is 5.82 Å². The number of rotatable bonds is 20. The van der Waals surface area contributed by atoms with Crippen LogP contribution in [0.5, 0.6) is 0 Å². The van der Waals surface area contributed by atoms with E-state index in [1.807, 2.05) is 64.3 Å². The number of hydrogen-bond donors (Lipinski definition) is 3. The van der Waals surface area contributed by atoms with Gasteiger partial charge >= 0.3 is 152 Å². The van der Waals surface area contributed by atoms with Gasteiger partial charge in [-0.25, -0.2) is 57.8 Å². The second-order valence-electron chi connectivity index (χ2n) is 26.9. The first-order chi connectivity index (χ1) is 59.5. The predicted octanol–water partition coefficient (Wildman–Crippen LogP) is 22.9. The number of nitrogens with two attached hydrogens (primary N) is 2. The predicted molar refractivity (Wildman–Crippen MR) is 546 cm³/mol. The second-order valence-corrected chi connectivity index (χ2v) is 50.5. The first-order valence-corrected chi connectivity index (χ1v) is 54.6. The fraction of sp³-hybridized carbons (Fsp3) is 0.297. The van der Waals surface area contributed by atoms with Crippen LogP contribution < -0.4 is 16.2 Å². The first-order valence-electron chi connectivity index (χ1n) is 37.9. The van der Waals surface area contributed by atoms with Crippen molar-refractivity contribution in [3.63, 3.8) is 0 Å². The van der Waals surface area contributed by atoms with Crippen molar-refractivity contribution in [2.45, 2.75) is 144 Å². The summed E-state index contributed by atoms with van der Waals surface area (Å²) in [5.41, 5.74) is 30.6. The number of thiazole rings is 6. The van der Waals surface area contributed by atoms with E-state index in [-0.39, 0.29) is 78.2 Å². The molecule has 2 aliphatic heterocycles. The Morgan fingerprint density at radius 2 is 0.878 bits per heavy atom. The summed E-state index contributed by atoms with van der Waals surface area (Å²) >= 11 is 15.9. The summed E-state index contributed by atoms with van der Waals surface area (Å²) in [5, 5.41) is 0.0648.